The Morgan fingerprint density at radius 1 is 1.71 bits per heavy atom. The summed E-state index contributed by atoms with van der Waals surface area (Å²) < 4.78 is 5.15. The lowest BCUT2D eigenvalue weighted by atomic mass is 10.2. The van der Waals surface area contributed by atoms with E-state index in [4.69, 9.17) is 9.84 Å². The molecule has 4 nitrogen and oxygen atoms in total. The van der Waals surface area contributed by atoms with E-state index in [1.807, 2.05) is 6.92 Å². The molecule has 0 spiro atoms. The highest BCUT2D eigenvalue weighted by Crippen LogP contribution is 2.13. The van der Waals surface area contributed by atoms with Gasteiger partial charge < -0.3 is 9.84 Å². The number of ether oxygens (including phenoxy) is 1. The topological polar surface area (TPSA) is 59.4 Å². The summed E-state index contributed by atoms with van der Waals surface area (Å²) in [5, 5.41) is 8.69. The summed E-state index contributed by atoms with van der Waals surface area (Å²) in [6.07, 6.45) is 1.42. The maximum Gasteiger partial charge on any atom is 0.354 e. The average molecular weight is 193 g/mol. The van der Waals surface area contributed by atoms with E-state index >= 15 is 0 Å². The first-order chi connectivity index (χ1) is 6.65. The molecule has 14 heavy (non-hydrogen) atoms. The maximum atomic E-state index is 10.6. The minimum Gasteiger partial charge on any atom is -0.494 e. The third kappa shape index (κ3) is 2.32. The molecule has 1 rings (SSSR count). The normalized spacial score (nSPS) is 9.50. The Morgan fingerprint density at radius 2 is 2.43 bits per heavy atom. The van der Waals surface area contributed by atoms with E-state index in [-0.39, 0.29) is 5.69 Å². The highest BCUT2D eigenvalue weighted by atomic mass is 16.5. The van der Waals surface area contributed by atoms with Crippen molar-refractivity contribution in [2.75, 3.05) is 6.61 Å². The summed E-state index contributed by atoms with van der Waals surface area (Å²) in [4.78, 5) is 14.3. The van der Waals surface area contributed by atoms with Crippen LogP contribution < -0.4 is 0 Å². The predicted molar refractivity (Wildman–Crippen MR) is 51.9 cm³/mol. The van der Waals surface area contributed by atoms with E-state index in [0.717, 1.165) is 0 Å². The Morgan fingerprint density at radius 3 is 3.00 bits per heavy atom. The van der Waals surface area contributed by atoms with E-state index in [9.17, 15) is 4.79 Å². The lowest BCUT2D eigenvalue weighted by Gasteiger charge is -2.06. The van der Waals surface area contributed by atoms with Gasteiger partial charge in [0.25, 0.3) is 0 Å². The summed E-state index contributed by atoms with van der Waals surface area (Å²) in [6.45, 7) is 6.01. The van der Waals surface area contributed by atoms with Crippen LogP contribution in [0.25, 0.3) is 5.76 Å². The first-order valence-electron chi connectivity index (χ1n) is 4.16. The number of carbonyl (C=O) groups is 1. The van der Waals surface area contributed by atoms with Gasteiger partial charge in [0.05, 0.1) is 6.61 Å². The third-order valence-electron chi connectivity index (χ3n) is 1.62. The van der Waals surface area contributed by atoms with Crippen LogP contribution in [0.1, 0.15) is 23.0 Å². The van der Waals surface area contributed by atoms with Crippen molar-refractivity contribution < 1.29 is 14.6 Å². The Labute approximate surface area is 81.9 Å². The molecule has 74 valence electrons. The molecule has 4 heteroatoms. The summed E-state index contributed by atoms with van der Waals surface area (Å²) in [7, 11) is 0. The van der Waals surface area contributed by atoms with Crippen molar-refractivity contribution in [1.82, 2.24) is 4.98 Å². The summed E-state index contributed by atoms with van der Waals surface area (Å²) >= 11 is 0. The number of nitrogens with zero attached hydrogens (tertiary/aromatic N) is 1. The molecule has 0 aromatic carbocycles. The van der Waals surface area contributed by atoms with Crippen molar-refractivity contribution in [3.63, 3.8) is 0 Å². The zero-order valence-electron chi connectivity index (χ0n) is 7.86. The molecule has 0 radical (unpaired) electrons. The summed E-state index contributed by atoms with van der Waals surface area (Å²) in [6, 6.07) is 3.09. The standard InChI is InChI=1S/C10H11NO3/c1-3-14-7(2)8-4-5-11-9(6-8)10(12)13/h4-6H,2-3H2,1H3,(H,12,13). The molecule has 0 aliphatic carbocycles. The highest BCUT2D eigenvalue weighted by Gasteiger charge is 2.06. The lowest BCUT2D eigenvalue weighted by molar-refractivity contribution is 0.0690. The van der Waals surface area contributed by atoms with Crippen molar-refractivity contribution in [2.45, 2.75) is 6.92 Å². The van der Waals surface area contributed by atoms with Gasteiger partial charge in [0.1, 0.15) is 11.5 Å². The second kappa shape index (κ2) is 4.41. The van der Waals surface area contributed by atoms with Crippen LogP contribution in [-0.2, 0) is 4.74 Å². The number of carboxylic acid groups (broad SMARTS) is 1. The Balaban J connectivity index is 2.93. The van der Waals surface area contributed by atoms with Crippen molar-refractivity contribution in [2.24, 2.45) is 0 Å². The minimum absolute atomic E-state index is 0.0108. The first kappa shape index (κ1) is 10.2. The fraction of sp³-hybridized carbons (Fsp3) is 0.200. The van der Waals surface area contributed by atoms with Gasteiger partial charge in [0, 0.05) is 11.8 Å². The molecule has 1 N–H and O–H groups in total. The van der Waals surface area contributed by atoms with Crippen molar-refractivity contribution in [1.29, 1.82) is 0 Å². The van der Waals surface area contributed by atoms with Crippen molar-refractivity contribution in [3.05, 3.63) is 36.2 Å². The quantitative estimate of drug-likeness (QED) is 0.740. The second-order valence-corrected chi connectivity index (χ2v) is 2.59. The Kier molecular flexibility index (Phi) is 3.23. The van der Waals surface area contributed by atoms with E-state index < -0.39 is 5.97 Å². The molecule has 0 bridgehead atoms. The molecule has 0 aliphatic rings. The zero-order chi connectivity index (χ0) is 10.6. The number of hydrogen-bond acceptors (Lipinski definition) is 3. The largest absolute Gasteiger partial charge is 0.494 e. The highest BCUT2D eigenvalue weighted by molar-refractivity contribution is 5.86. The van der Waals surface area contributed by atoms with Gasteiger partial charge in [-0.05, 0) is 19.1 Å². The van der Waals surface area contributed by atoms with Crippen LogP contribution in [-0.4, -0.2) is 22.7 Å². The Bertz CT molecular complexity index is 360. The molecular weight excluding hydrogens is 182 g/mol. The number of rotatable bonds is 4. The lowest BCUT2D eigenvalue weighted by Crippen LogP contribution is -2.01. The summed E-state index contributed by atoms with van der Waals surface area (Å²) in [5.74, 6) is -0.603. The van der Waals surface area contributed by atoms with Gasteiger partial charge in [-0.3, -0.25) is 0 Å². The molecule has 0 atom stereocenters. The summed E-state index contributed by atoms with van der Waals surface area (Å²) in [5.41, 5.74) is 0.627. The molecule has 1 aromatic rings. The molecule has 0 amide bonds. The smallest absolute Gasteiger partial charge is 0.354 e. The van der Waals surface area contributed by atoms with E-state index in [1.54, 1.807) is 6.07 Å². The fourth-order valence-electron chi connectivity index (χ4n) is 0.979. The molecule has 0 fully saturated rings. The molecule has 0 aliphatic heterocycles. The van der Waals surface area contributed by atoms with E-state index in [0.29, 0.717) is 17.9 Å². The van der Waals surface area contributed by atoms with E-state index in [2.05, 4.69) is 11.6 Å². The molecule has 1 heterocycles. The van der Waals surface area contributed by atoms with Crippen LogP contribution >= 0.6 is 0 Å². The number of hydrogen-bond donors (Lipinski definition) is 1. The molecule has 0 saturated carbocycles. The predicted octanol–water partition coefficient (Wildman–Crippen LogP) is 1.79. The maximum absolute atomic E-state index is 10.6. The van der Waals surface area contributed by atoms with Gasteiger partial charge in [-0.15, -0.1) is 0 Å². The zero-order valence-corrected chi connectivity index (χ0v) is 7.86. The van der Waals surface area contributed by atoms with Gasteiger partial charge in [-0.1, -0.05) is 6.58 Å². The van der Waals surface area contributed by atoms with Gasteiger partial charge in [0.2, 0.25) is 0 Å². The molecule has 0 unspecified atom stereocenters. The SMILES string of the molecule is C=C(OCC)c1ccnc(C(=O)O)c1. The minimum atomic E-state index is -1.06. The van der Waals surface area contributed by atoms with Crippen LogP contribution in [0, 0.1) is 0 Å². The fourth-order valence-corrected chi connectivity index (χ4v) is 0.979. The number of pyridine rings is 1. The Hall–Kier alpha value is -1.84. The van der Waals surface area contributed by atoms with Gasteiger partial charge >= 0.3 is 5.97 Å². The molecular formula is C10H11NO3. The van der Waals surface area contributed by atoms with Crippen LogP contribution in [0.4, 0.5) is 0 Å². The van der Waals surface area contributed by atoms with Crippen LogP contribution in [0.3, 0.4) is 0 Å². The molecule has 0 saturated heterocycles. The van der Waals surface area contributed by atoms with E-state index in [1.165, 1.54) is 12.3 Å². The van der Waals surface area contributed by atoms with Crippen molar-refractivity contribution in [3.8, 4) is 0 Å². The second-order valence-electron chi connectivity index (χ2n) is 2.59. The third-order valence-corrected chi connectivity index (χ3v) is 1.62. The van der Waals surface area contributed by atoms with Crippen LogP contribution in [0.5, 0.6) is 0 Å². The number of aromatic carboxylic acids is 1. The van der Waals surface area contributed by atoms with Crippen LogP contribution in [0.15, 0.2) is 24.9 Å². The monoisotopic (exact) mass is 193 g/mol. The van der Waals surface area contributed by atoms with Gasteiger partial charge in [-0.2, -0.15) is 0 Å². The van der Waals surface area contributed by atoms with Crippen LogP contribution in [0.2, 0.25) is 0 Å². The van der Waals surface area contributed by atoms with Gasteiger partial charge in [0.15, 0.2) is 0 Å². The van der Waals surface area contributed by atoms with Gasteiger partial charge in [-0.25, -0.2) is 9.78 Å². The first-order valence-corrected chi connectivity index (χ1v) is 4.16. The number of aromatic nitrogens is 1. The molecule has 1 aromatic heterocycles. The van der Waals surface area contributed by atoms with Crippen molar-refractivity contribution >= 4 is 11.7 Å². The average Bonchev–Trinajstić information content (AvgIpc) is 2.18. The number of carboxylic acids is 1.